The van der Waals surface area contributed by atoms with Crippen LogP contribution >= 0.6 is 0 Å². The van der Waals surface area contributed by atoms with Crippen molar-refractivity contribution in [1.82, 2.24) is 0 Å². The number of benzene rings is 1. The highest BCUT2D eigenvalue weighted by atomic mass is 16.7. The molecular formula is C8H6O4. The van der Waals surface area contributed by atoms with Crippen molar-refractivity contribution in [2.24, 2.45) is 0 Å². The Morgan fingerprint density at radius 2 is 1.25 bits per heavy atom. The minimum absolute atomic E-state index is 0.382. The third-order valence-corrected chi connectivity index (χ3v) is 1.45. The van der Waals surface area contributed by atoms with Crippen LogP contribution in [0.5, 0.6) is 11.5 Å². The first-order valence-corrected chi connectivity index (χ1v) is 3.34. The van der Waals surface area contributed by atoms with Crippen molar-refractivity contribution in [2.75, 3.05) is 0 Å². The number of para-hydroxylation sites is 2. The van der Waals surface area contributed by atoms with Gasteiger partial charge in [-0.2, -0.15) is 0 Å². The third-order valence-electron chi connectivity index (χ3n) is 1.45. The zero-order chi connectivity index (χ0) is 8.55. The van der Waals surface area contributed by atoms with Gasteiger partial charge in [-0.3, -0.25) is 0 Å². The predicted octanol–water partition coefficient (Wildman–Crippen LogP) is 1.70. The van der Waals surface area contributed by atoms with Crippen LogP contribution in [0, 0.1) is 0 Å². The molecule has 1 aliphatic heterocycles. The summed E-state index contributed by atoms with van der Waals surface area (Å²) < 4.78 is 9.61. The molecule has 0 amide bonds. The van der Waals surface area contributed by atoms with Crippen molar-refractivity contribution in [1.29, 1.82) is 0 Å². The summed E-state index contributed by atoms with van der Waals surface area (Å²) in [6.45, 7) is 0. The van der Waals surface area contributed by atoms with E-state index in [9.17, 15) is 0 Å². The maximum atomic E-state index is 8.91. The molecule has 0 bridgehead atoms. The second-order valence-electron chi connectivity index (χ2n) is 2.26. The van der Waals surface area contributed by atoms with E-state index in [4.69, 9.17) is 19.7 Å². The van der Waals surface area contributed by atoms with Crippen LogP contribution in [-0.4, -0.2) is 10.2 Å². The molecular weight excluding hydrogens is 160 g/mol. The topological polar surface area (TPSA) is 58.9 Å². The van der Waals surface area contributed by atoms with E-state index in [1.54, 1.807) is 24.3 Å². The highest BCUT2D eigenvalue weighted by Crippen LogP contribution is 2.32. The minimum atomic E-state index is -0.617. The lowest BCUT2D eigenvalue weighted by molar-refractivity contribution is 0.0853. The summed E-state index contributed by atoms with van der Waals surface area (Å²) in [5.74, 6) is -0.469. The van der Waals surface area contributed by atoms with Gasteiger partial charge in [-0.05, 0) is 12.1 Å². The molecule has 0 atom stereocenters. The van der Waals surface area contributed by atoms with Gasteiger partial charge in [0.15, 0.2) is 11.5 Å². The molecule has 4 nitrogen and oxygen atoms in total. The molecule has 1 heterocycles. The number of rotatable bonds is 0. The Morgan fingerprint density at radius 3 is 1.67 bits per heavy atom. The first-order valence-electron chi connectivity index (χ1n) is 3.34. The van der Waals surface area contributed by atoms with Gasteiger partial charge in [0.1, 0.15) is 0 Å². The molecule has 1 aromatic rings. The van der Waals surface area contributed by atoms with Crippen molar-refractivity contribution in [2.45, 2.75) is 0 Å². The van der Waals surface area contributed by atoms with Gasteiger partial charge in [0.25, 0.3) is 0 Å². The number of aliphatic hydroxyl groups excluding tert-OH is 2. The predicted molar refractivity (Wildman–Crippen MR) is 40.0 cm³/mol. The fraction of sp³-hybridized carbons (Fsp3) is 0. The number of hydrogen-bond donors (Lipinski definition) is 2. The van der Waals surface area contributed by atoms with E-state index in [0.29, 0.717) is 11.5 Å². The molecule has 0 aromatic heterocycles. The molecule has 0 saturated carbocycles. The molecule has 0 saturated heterocycles. The lowest BCUT2D eigenvalue weighted by Gasteiger charge is -2.15. The molecule has 4 heteroatoms. The largest absolute Gasteiger partial charge is 0.476 e. The first-order chi connectivity index (χ1) is 5.77. The summed E-state index contributed by atoms with van der Waals surface area (Å²) in [6.07, 6.45) is 0. The summed E-state index contributed by atoms with van der Waals surface area (Å²) in [5.41, 5.74) is 0. The van der Waals surface area contributed by atoms with E-state index in [1.165, 1.54) is 0 Å². The summed E-state index contributed by atoms with van der Waals surface area (Å²) >= 11 is 0. The van der Waals surface area contributed by atoms with Gasteiger partial charge < -0.3 is 19.7 Å². The molecule has 62 valence electrons. The van der Waals surface area contributed by atoms with Crippen molar-refractivity contribution >= 4 is 0 Å². The maximum Gasteiger partial charge on any atom is 0.367 e. The number of ether oxygens (including phenoxy) is 2. The second kappa shape index (κ2) is 2.34. The normalized spacial score (nSPS) is 14.7. The Kier molecular flexibility index (Phi) is 1.33. The Morgan fingerprint density at radius 1 is 0.833 bits per heavy atom. The van der Waals surface area contributed by atoms with Gasteiger partial charge >= 0.3 is 11.9 Å². The molecule has 2 rings (SSSR count). The van der Waals surface area contributed by atoms with Gasteiger partial charge in [0.05, 0.1) is 0 Å². The average Bonchev–Trinajstić information content (AvgIpc) is 2.07. The van der Waals surface area contributed by atoms with Crippen LogP contribution in [0.4, 0.5) is 0 Å². The molecule has 1 aliphatic rings. The van der Waals surface area contributed by atoms with Gasteiger partial charge in [0.2, 0.25) is 0 Å². The number of hydrogen-bond acceptors (Lipinski definition) is 4. The summed E-state index contributed by atoms with van der Waals surface area (Å²) in [5, 5.41) is 17.8. The zero-order valence-corrected chi connectivity index (χ0v) is 6.02. The van der Waals surface area contributed by atoms with Crippen molar-refractivity contribution in [3.63, 3.8) is 0 Å². The summed E-state index contributed by atoms with van der Waals surface area (Å²) in [6, 6.07) is 6.71. The van der Waals surface area contributed by atoms with E-state index in [1.807, 2.05) is 0 Å². The third kappa shape index (κ3) is 0.934. The Balaban J connectivity index is 2.43. The molecule has 1 aromatic carbocycles. The standard InChI is InChI=1S/C8H6O4/c9-7-8(10)12-6-4-2-1-3-5(6)11-7/h1-4,9-10H. The molecule has 0 aliphatic carbocycles. The van der Waals surface area contributed by atoms with Crippen LogP contribution in [0.2, 0.25) is 0 Å². The first kappa shape index (κ1) is 6.84. The molecule has 0 fully saturated rings. The maximum absolute atomic E-state index is 8.91. The van der Waals surface area contributed by atoms with Crippen LogP contribution < -0.4 is 9.47 Å². The molecule has 0 unspecified atom stereocenters. The van der Waals surface area contributed by atoms with Crippen LogP contribution in [0.3, 0.4) is 0 Å². The monoisotopic (exact) mass is 166 g/mol. The lowest BCUT2D eigenvalue weighted by atomic mass is 10.3. The van der Waals surface area contributed by atoms with Crippen LogP contribution in [0.15, 0.2) is 36.2 Å². The number of aliphatic hydroxyl groups is 2. The van der Waals surface area contributed by atoms with E-state index >= 15 is 0 Å². The lowest BCUT2D eigenvalue weighted by Crippen LogP contribution is -2.10. The van der Waals surface area contributed by atoms with Crippen LogP contribution in [-0.2, 0) is 0 Å². The smallest absolute Gasteiger partial charge is 0.367 e. The number of fused-ring (bicyclic) bond motifs is 1. The SMILES string of the molecule is OC1=C(O)Oc2ccccc2O1. The van der Waals surface area contributed by atoms with Crippen molar-refractivity contribution in [3.8, 4) is 11.5 Å². The van der Waals surface area contributed by atoms with Crippen molar-refractivity contribution in [3.05, 3.63) is 36.2 Å². The van der Waals surface area contributed by atoms with Gasteiger partial charge in [-0.15, -0.1) is 0 Å². The van der Waals surface area contributed by atoms with Crippen LogP contribution in [0.25, 0.3) is 0 Å². The van der Waals surface area contributed by atoms with E-state index in [2.05, 4.69) is 0 Å². The highest BCUT2D eigenvalue weighted by Gasteiger charge is 2.19. The molecule has 12 heavy (non-hydrogen) atoms. The van der Waals surface area contributed by atoms with Gasteiger partial charge in [-0.25, -0.2) is 0 Å². The molecule has 2 N–H and O–H groups in total. The fourth-order valence-corrected chi connectivity index (χ4v) is 0.914. The fourth-order valence-electron chi connectivity index (χ4n) is 0.914. The second-order valence-corrected chi connectivity index (χ2v) is 2.26. The Hall–Kier alpha value is -1.84. The van der Waals surface area contributed by atoms with Gasteiger partial charge in [0, 0.05) is 0 Å². The van der Waals surface area contributed by atoms with E-state index < -0.39 is 11.9 Å². The van der Waals surface area contributed by atoms with Crippen molar-refractivity contribution < 1.29 is 19.7 Å². The average molecular weight is 166 g/mol. The minimum Gasteiger partial charge on any atom is -0.476 e. The van der Waals surface area contributed by atoms with Gasteiger partial charge in [-0.1, -0.05) is 12.1 Å². The highest BCUT2D eigenvalue weighted by molar-refractivity contribution is 5.42. The van der Waals surface area contributed by atoms with E-state index in [-0.39, 0.29) is 0 Å². The summed E-state index contributed by atoms with van der Waals surface area (Å²) in [4.78, 5) is 0. The quantitative estimate of drug-likeness (QED) is 0.615. The summed E-state index contributed by atoms with van der Waals surface area (Å²) in [7, 11) is 0. The Labute approximate surface area is 68.3 Å². The molecule has 0 spiro atoms. The molecule has 0 radical (unpaired) electrons. The van der Waals surface area contributed by atoms with E-state index in [0.717, 1.165) is 0 Å². The van der Waals surface area contributed by atoms with Crippen LogP contribution in [0.1, 0.15) is 0 Å². The zero-order valence-electron chi connectivity index (χ0n) is 6.02. The Bertz CT molecular complexity index is 310.